The zero-order valence-electron chi connectivity index (χ0n) is 9.76. The lowest BCUT2D eigenvalue weighted by molar-refractivity contribution is 0.709. The minimum atomic E-state index is -0.147. The van der Waals surface area contributed by atoms with Crippen LogP contribution in [0.3, 0.4) is 0 Å². The molecule has 2 rings (SSSR count). The lowest BCUT2D eigenvalue weighted by Crippen LogP contribution is -2.14. The van der Waals surface area contributed by atoms with Gasteiger partial charge in [-0.3, -0.25) is 4.68 Å². The third kappa shape index (κ3) is 2.45. The lowest BCUT2D eigenvalue weighted by Gasteiger charge is -2.10. The normalized spacial score (nSPS) is 12.7. The van der Waals surface area contributed by atoms with Gasteiger partial charge in [0.25, 0.3) is 0 Å². The van der Waals surface area contributed by atoms with Crippen LogP contribution in [0.4, 0.5) is 0 Å². The fourth-order valence-corrected chi connectivity index (χ4v) is 2.02. The predicted octanol–water partition coefficient (Wildman–Crippen LogP) is 1.41. The summed E-state index contributed by atoms with van der Waals surface area (Å²) >= 11 is 6.16. The van der Waals surface area contributed by atoms with Crippen molar-refractivity contribution in [2.45, 2.75) is 19.4 Å². The van der Waals surface area contributed by atoms with Crippen LogP contribution in [0.5, 0.6) is 0 Å². The Labute approximate surface area is 105 Å². The molecule has 0 fully saturated rings. The molecule has 0 saturated carbocycles. The molecule has 0 radical (unpaired) electrons. The van der Waals surface area contributed by atoms with Crippen molar-refractivity contribution in [3.63, 3.8) is 0 Å². The molecule has 0 aliphatic carbocycles. The van der Waals surface area contributed by atoms with Gasteiger partial charge < -0.3 is 5.73 Å². The van der Waals surface area contributed by atoms with Crippen LogP contribution in [0.15, 0.2) is 18.5 Å². The van der Waals surface area contributed by atoms with Crippen LogP contribution in [-0.2, 0) is 13.5 Å². The quantitative estimate of drug-likeness (QED) is 0.896. The molecule has 2 aromatic rings. The standard InChI is InChI=1S/C11H14ClN5/c1-7-9(11(12)17(2)16-7)5-10(13)8-3-4-14-15-6-8/h3-4,6,10H,5,13H2,1-2H3. The molecule has 0 spiro atoms. The third-order valence-corrected chi connectivity index (χ3v) is 3.20. The monoisotopic (exact) mass is 251 g/mol. The molecule has 0 aliphatic heterocycles. The molecule has 90 valence electrons. The Morgan fingerprint density at radius 2 is 2.24 bits per heavy atom. The first-order valence-corrected chi connectivity index (χ1v) is 5.67. The van der Waals surface area contributed by atoms with Gasteiger partial charge in [0.05, 0.1) is 11.9 Å². The van der Waals surface area contributed by atoms with Crippen LogP contribution in [0, 0.1) is 6.92 Å². The highest BCUT2D eigenvalue weighted by Crippen LogP contribution is 2.23. The first-order chi connectivity index (χ1) is 8.09. The van der Waals surface area contributed by atoms with Gasteiger partial charge in [-0.1, -0.05) is 11.6 Å². The van der Waals surface area contributed by atoms with Crippen molar-refractivity contribution >= 4 is 11.6 Å². The molecule has 17 heavy (non-hydrogen) atoms. The second-order valence-electron chi connectivity index (χ2n) is 3.96. The van der Waals surface area contributed by atoms with E-state index in [2.05, 4.69) is 15.3 Å². The van der Waals surface area contributed by atoms with E-state index in [0.717, 1.165) is 16.8 Å². The smallest absolute Gasteiger partial charge is 0.130 e. The van der Waals surface area contributed by atoms with Crippen LogP contribution >= 0.6 is 11.6 Å². The van der Waals surface area contributed by atoms with Gasteiger partial charge in [0, 0.05) is 24.8 Å². The molecule has 0 aliphatic rings. The SMILES string of the molecule is Cc1nn(C)c(Cl)c1CC(N)c1ccnnc1. The minimum Gasteiger partial charge on any atom is -0.324 e. The summed E-state index contributed by atoms with van der Waals surface area (Å²) in [6.07, 6.45) is 3.95. The Morgan fingerprint density at radius 1 is 1.47 bits per heavy atom. The van der Waals surface area contributed by atoms with Crippen LogP contribution < -0.4 is 5.73 Å². The van der Waals surface area contributed by atoms with Crippen molar-refractivity contribution in [2.75, 3.05) is 0 Å². The molecule has 2 N–H and O–H groups in total. The number of aromatic nitrogens is 4. The number of hydrogen-bond donors (Lipinski definition) is 1. The second kappa shape index (κ2) is 4.81. The molecule has 2 aromatic heterocycles. The number of aryl methyl sites for hydroxylation is 2. The fourth-order valence-electron chi connectivity index (χ4n) is 1.76. The highest BCUT2D eigenvalue weighted by atomic mass is 35.5. The highest BCUT2D eigenvalue weighted by molar-refractivity contribution is 6.30. The fraction of sp³-hybridized carbons (Fsp3) is 0.364. The summed E-state index contributed by atoms with van der Waals surface area (Å²) in [7, 11) is 1.82. The Morgan fingerprint density at radius 3 is 2.76 bits per heavy atom. The van der Waals surface area contributed by atoms with Crippen LogP contribution in [-0.4, -0.2) is 20.0 Å². The first-order valence-electron chi connectivity index (χ1n) is 5.29. The average Bonchev–Trinajstić information content (AvgIpc) is 2.57. The minimum absolute atomic E-state index is 0.147. The van der Waals surface area contributed by atoms with Gasteiger partial charge in [0.2, 0.25) is 0 Å². The van der Waals surface area contributed by atoms with Gasteiger partial charge in [-0.15, -0.1) is 0 Å². The largest absolute Gasteiger partial charge is 0.324 e. The number of rotatable bonds is 3. The molecule has 0 saturated heterocycles. The van der Waals surface area contributed by atoms with Crippen LogP contribution in [0.1, 0.15) is 22.9 Å². The van der Waals surface area contributed by atoms with Gasteiger partial charge >= 0.3 is 0 Å². The predicted molar refractivity (Wildman–Crippen MR) is 65.6 cm³/mol. The maximum atomic E-state index is 6.16. The molecule has 0 bridgehead atoms. The van der Waals surface area contributed by atoms with Crippen molar-refractivity contribution < 1.29 is 0 Å². The van der Waals surface area contributed by atoms with Gasteiger partial charge in [-0.25, -0.2) is 0 Å². The van der Waals surface area contributed by atoms with Gasteiger partial charge in [0.15, 0.2) is 0 Å². The van der Waals surface area contributed by atoms with Gasteiger partial charge in [-0.2, -0.15) is 15.3 Å². The summed E-state index contributed by atoms with van der Waals surface area (Å²) in [5, 5.41) is 12.4. The van der Waals surface area contributed by atoms with E-state index in [1.165, 1.54) is 0 Å². The molecular weight excluding hydrogens is 238 g/mol. The van der Waals surface area contributed by atoms with Crippen molar-refractivity contribution in [3.8, 4) is 0 Å². The van der Waals surface area contributed by atoms with E-state index in [0.29, 0.717) is 11.6 Å². The van der Waals surface area contributed by atoms with Crippen LogP contribution in [0.25, 0.3) is 0 Å². The maximum Gasteiger partial charge on any atom is 0.130 e. The summed E-state index contributed by atoms with van der Waals surface area (Å²) in [4.78, 5) is 0. The number of nitrogens with zero attached hydrogens (tertiary/aromatic N) is 4. The van der Waals surface area contributed by atoms with E-state index in [1.807, 2.05) is 20.0 Å². The molecular formula is C11H14ClN5. The zero-order valence-corrected chi connectivity index (χ0v) is 10.5. The van der Waals surface area contributed by atoms with E-state index in [-0.39, 0.29) is 6.04 Å². The topological polar surface area (TPSA) is 69.6 Å². The molecule has 5 nitrogen and oxygen atoms in total. The summed E-state index contributed by atoms with van der Waals surface area (Å²) in [5.74, 6) is 0. The summed E-state index contributed by atoms with van der Waals surface area (Å²) in [6.45, 7) is 1.93. The highest BCUT2D eigenvalue weighted by Gasteiger charge is 2.15. The van der Waals surface area contributed by atoms with E-state index < -0.39 is 0 Å². The van der Waals surface area contributed by atoms with E-state index in [9.17, 15) is 0 Å². The molecule has 1 atom stereocenters. The molecule has 2 heterocycles. The molecule has 1 unspecified atom stereocenters. The van der Waals surface area contributed by atoms with Crippen molar-refractivity contribution in [1.29, 1.82) is 0 Å². The average molecular weight is 252 g/mol. The molecule has 6 heteroatoms. The Kier molecular flexibility index (Phi) is 3.40. The molecule has 0 aromatic carbocycles. The van der Waals surface area contributed by atoms with E-state index >= 15 is 0 Å². The third-order valence-electron chi connectivity index (χ3n) is 2.73. The summed E-state index contributed by atoms with van der Waals surface area (Å²) in [5.41, 5.74) is 8.95. The Bertz CT molecular complexity index is 508. The second-order valence-corrected chi connectivity index (χ2v) is 4.32. The molecule has 0 amide bonds. The number of nitrogens with two attached hydrogens (primary N) is 1. The van der Waals surface area contributed by atoms with Crippen LogP contribution in [0.2, 0.25) is 5.15 Å². The Balaban J connectivity index is 2.22. The Hall–Kier alpha value is -1.46. The summed E-state index contributed by atoms with van der Waals surface area (Å²) in [6, 6.07) is 1.71. The number of halogens is 1. The zero-order chi connectivity index (χ0) is 12.4. The first kappa shape index (κ1) is 12.0. The summed E-state index contributed by atoms with van der Waals surface area (Å²) < 4.78 is 1.66. The van der Waals surface area contributed by atoms with Gasteiger partial charge in [-0.05, 0) is 25.0 Å². The van der Waals surface area contributed by atoms with Crippen molar-refractivity contribution in [2.24, 2.45) is 12.8 Å². The van der Waals surface area contributed by atoms with Crippen molar-refractivity contribution in [1.82, 2.24) is 20.0 Å². The van der Waals surface area contributed by atoms with E-state index in [4.69, 9.17) is 17.3 Å². The number of hydrogen-bond acceptors (Lipinski definition) is 4. The maximum absolute atomic E-state index is 6.16. The van der Waals surface area contributed by atoms with Gasteiger partial charge in [0.1, 0.15) is 5.15 Å². The lowest BCUT2D eigenvalue weighted by atomic mass is 10.0. The van der Waals surface area contributed by atoms with E-state index in [1.54, 1.807) is 17.1 Å². The van der Waals surface area contributed by atoms with Crippen molar-refractivity contribution in [3.05, 3.63) is 40.4 Å².